The second-order valence-electron chi connectivity index (χ2n) is 6.25. The molecule has 29 heavy (non-hydrogen) atoms. The van der Waals surface area contributed by atoms with Gasteiger partial charge in [-0.1, -0.05) is 23.7 Å². The van der Waals surface area contributed by atoms with E-state index in [1.54, 1.807) is 36.0 Å². The molecule has 146 valence electrons. The van der Waals surface area contributed by atoms with Crippen molar-refractivity contribution in [1.82, 2.24) is 0 Å². The van der Waals surface area contributed by atoms with E-state index in [2.05, 4.69) is 0 Å². The Morgan fingerprint density at radius 2 is 1.66 bits per heavy atom. The number of ether oxygens (including phenoxy) is 2. The molecule has 0 radical (unpaired) electrons. The van der Waals surface area contributed by atoms with E-state index >= 15 is 0 Å². The Labute approximate surface area is 177 Å². The van der Waals surface area contributed by atoms with Crippen molar-refractivity contribution in [3.05, 3.63) is 77.3 Å². The Bertz CT molecular complexity index is 1160. The number of carbonyl (C=O) groups excluding carboxylic acids is 1. The fourth-order valence-corrected chi connectivity index (χ4v) is 3.87. The van der Waals surface area contributed by atoms with Gasteiger partial charge in [-0.2, -0.15) is 0 Å². The minimum absolute atomic E-state index is 0.366. The number of rotatable bonds is 5. The summed E-state index contributed by atoms with van der Waals surface area (Å²) in [6.45, 7) is 0. The van der Waals surface area contributed by atoms with Crippen molar-refractivity contribution in [1.29, 1.82) is 0 Å². The Morgan fingerprint density at radius 3 is 2.31 bits per heavy atom. The molecule has 1 aromatic heterocycles. The first-order chi connectivity index (χ1) is 14.1. The summed E-state index contributed by atoms with van der Waals surface area (Å²) in [5.74, 6) is 1.81. The lowest BCUT2D eigenvalue weighted by Crippen LogP contribution is -2.00. The molecule has 0 saturated carbocycles. The molecular weight excluding hydrogens is 408 g/mol. The number of hydrogen-bond donors (Lipinski definition) is 0. The van der Waals surface area contributed by atoms with E-state index < -0.39 is 0 Å². The van der Waals surface area contributed by atoms with Crippen molar-refractivity contribution in [3.8, 4) is 22.8 Å². The number of furan rings is 1. The average Bonchev–Trinajstić information content (AvgIpc) is 3.12. The molecule has 4 nitrogen and oxygen atoms in total. The lowest BCUT2D eigenvalue weighted by molar-refractivity contribution is 0.0600. The molecule has 0 N–H and O–H groups in total. The van der Waals surface area contributed by atoms with Crippen LogP contribution in [0.15, 0.2) is 76.0 Å². The highest BCUT2D eigenvalue weighted by Crippen LogP contribution is 2.41. The Hall–Kier alpha value is -2.89. The van der Waals surface area contributed by atoms with Crippen LogP contribution in [0.4, 0.5) is 0 Å². The molecule has 0 atom stereocenters. The van der Waals surface area contributed by atoms with Crippen LogP contribution < -0.4 is 4.74 Å². The number of hydrogen-bond acceptors (Lipinski definition) is 5. The van der Waals surface area contributed by atoms with E-state index in [-0.39, 0.29) is 5.97 Å². The molecule has 0 amide bonds. The van der Waals surface area contributed by atoms with Crippen LogP contribution in [0.25, 0.3) is 22.3 Å². The number of methoxy groups -OCH3 is 1. The molecule has 0 aliphatic carbocycles. The molecule has 0 bridgehead atoms. The van der Waals surface area contributed by atoms with Crippen LogP contribution in [0, 0.1) is 0 Å². The predicted octanol–water partition coefficient (Wildman–Crippen LogP) is 7.05. The van der Waals surface area contributed by atoms with Crippen LogP contribution >= 0.6 is 23.4 Å². The van der Waals surface area contributed by atoms with Gasteiger partial charge in [0.05, 0.1) is 17.6 Å². The summed E-state index contributed by atoms with van der Waals surface area (Å²) in [5.41, 5.74) is 2.15. The summed E-state index contributed by atoms with van der Waals surface area (Å²) in [5, 5.41) is 1.63. The van der Waals surface area contributed by atoms with Gasteiger partial charge in [0.1, 0.15) is 22.8 Å². The first-order valence-corrected chi connectivity index (χ1v) is 10.4. The Morgan fingerprint density at radius 1 is 0.966 bits per heavy atom. The highest BCUT2D eigenvalue weighted by Gasteiger charge is 2.17. The number of halogens is 1. The normalized spacial score (nSPS) is 10.9. The maximum atomic E-state index is 11.7. The largest absolute Gasteiger partial charge is 0.465 e. The number of esters is 1. The average molecular weight is 425 g/mol. The highest BCUT2D eigenvalue weighted by atomic mass is 35.5. The summed E-state index contributed by atoms with van der Waals surface area (Å²) < 4.78 is 16.8. The number of thioether (sulfide) groups is 1. The molecule has 0 fully saturated rings. The van der Waals surface area contributed by atoms with Crippen molar-refractivity contribution in [2.45, 2.75) is 4.90 Å². The molecule has 0 aliphatic rings. The zero-order valence-electron chi connectivity index (χ0n) is 15.8. The zero-order valence-corrected chi connectivity index (χ0v) is 17.3. The van der Waals surface area contributed by atoms with Crippen LogP contribution in [0.1, 0.15) is 10.4 Å². The molecule has 0 saturated heterocycles. The monoisotopic (exact) mass is 424 g/mol. The minimum Gasteiger partial charge on any atom is -0.465 e. The van der Waals surface area contributed by atoms with E-state index in [0.29, 0.717) is 22.1 Å². The summed E-state index contributed by atoms with van der Waals surface area (Å²) in [4.78, 5) is 12.7. The second kappa shape index (κ2) is 8.23. The van der Waals surface area contributed by atoms with E-state index in [0.717, 1.165) is 27.2 Å². The number of benzene rings is 3. The number of fused-ring (bicyclic) bond motifs is 1. The number of carbonyl (C=O) groups is 1. The van der Waals surface area contributed by atoms with E-state index in [1.807, 2.05) is 48.7 Å². The quantitative estimate of drug-likeness (QED) is 0.253. The van der Waals surface area contributed by atoms with E-state index in [9.17, 15) is 4.79 Å². The van der Waals surface area contributed by atoms with Gasteiger partial charge >= 0.3 is 5.97 Å². The van der Waals surface area contributed by atoms with Gasteiger partial charge < -0.3 is 13.9 Å². The van der Waals surface area contributed by atoms with Gasteiger partial charge in [0.2, 0.25) is 0 Å². The summed E-state index contributed by atoms with van der Waals surface area (Å²) >= 11 is 7.53. The molecular formula is C23H17ClO4S. The molecule has 4 aromatic rings. The van der Waals surface area contributed by atoms with Crippen molar-refractivity contribution < 1.29 is 18.7 Å². The molecule has 0 unspecified atom stereocenters. The fourth-order valence-electron chi connectivity index (χ4n) is 3.02. The first kappa shape index (κ1) is 19.4. The third kappa shape index (κ3) is 3.97. The van der Waals surface area contributed by atoms with E-state index in [1.165, 1.54) is 7.11 Å². The van der Waals surface area contributed by atoms with Crippen LogP contribution in [-0.2, 0) is 4.74 Å². The smallest absolute Gasteiger partial charge is 0.337 e. The van der Waals surface area contributed by atoms with Gasteiger partial charge in [0.25, 0.3) is 0 Å². The standard InChI is InChI=1S/C23H17ClO4S/c1-26-23(25)15-5-3-14(4-6-15)21-22(29-2)19-13-18(11-12-20(19)28-21)27-17-9-7-16(24)8-10-17/h3-13H,1-2H3. The molecule has 1 heterocycles. The van der Waals surface area contributed by atoms with Crippen LogP contribution in [0.5, 0.6) is 11.5 Å². The SMILES string of the molecule is COC(=O)c1ccc(-c2oc3ccc(Oc4ccc(Cl)cc4)cc3c2SC)cc1. The van der Waals surface area contributed by atoms with Crippen molar-refractivity contribution in [2.75, 3.05) is 13.4 Å². The third-order valence-corrected chi connectivity index (χ3v) is 5.50. The topological polar surface area (TPSA) is 48.7 Å². The maximum Gasteiger partial charge on any atom is 0.337 e. The molecule has 6 heteroatoms. The van der Waals surface area contributed by atoms with E-state index in [4.69, 9.17) is 25.5 Å². The minimum atomic E-state index is -0.366. The van der Waals surface area contributed by atoms with Gasteiger partial charge in [-0.3, -0.25) is 0 Å². The lowest BCUT2D eigenvalue weighted by atomic mass is 10.1. The maximum absolute atomic E-state index is 11.7. The van der Waals surface area contributed by atoms with Crippen molar-refractivity contribution >= 4 is 40.3 Å². The van der Waals surface area contributed by atoms with Gasteiger partial charge in [-0.15, -0.1) is 11.8 Å². The highest BCUT2D eigenvalue weighted by molar-refractivity contribution is 7.99. The Kier molecular flexibility index (Phi) is 5.51. The fraction of sp³-hybridized carbons (Fsp3) is 0.0870. The molecule has 4 rings (SSSR count). The summed E-state index contributed by atoms with van der Waals surface area (Å²) in [6.07, 6.45) is 2.00. The van der Waals surface area contributed by atoms with Gasteiger partial charge in [-0.05, 0) is 60.9 Å². The lowest BCUT2D eigenvalue weighted by Gasteiger charge is -2.06. The van der Waals surface area contributed by atoms with Gasteiger partial charge in [0, 0.05) is 16.0 Å². The van der Waals surface area contributed by atoms with Crippen molar-refractivity contribution in [3.63, 3.8) is 0 Å². The van der Waals surface area contributed by atoms with Crippen LogP contribution in [0.3, 0.4) is 0 Å². The summed E-state index contributed by atoms with van der Waals surface area (Å²) in [6, 6.07) is 20.1. The second-order valence-corrected chi connectivity index (χ2v) is 7.50. The van der Waals surface area contributed by atoms with Gasteiger partial charge in [-0.25, -0.2) is 4.79 Å². The first-order valence-electron chi connectivity index (χ1n) is 8.82. The zero-order chi connectivity index (χ0) is 20.4. The van der Waals surface area contributed by atoms with Crippen LogP contribution in [-0.4, -0.2) is 19.3 Å². The van der Waals surface area contributed by atoms with Crippen LogP contribution in [0.2, 0.25) is 5.02 Å². The van der Waals surface area contributed by atoms with Gasteiger partial charge in [0.15, 0.2) is 0 Å². The molecule has 0 spiro atoms. The third-order valence-electron chi connectivity index (χ3n) is 4.44. The predicted molar refractivity (Wildman–Crippen MR) is 116 cm³/mol. The Balaban J connectivity index is 1.70. The molecule has 0 aliphatic heterocycles. The molecule has 3 aromatic carbocycles. The summed E-state index contributed by atoms with van der Waals surface area (Å²) in [7, 11) is 1.37. The van der Waals surface area contributed by atoms with Crippen molar-refractivity contribution in [2.24, 2.45) is 0 Å².